The van der Waals surface area contributed by atoms with E-state index in [4.69, 9.17) is 14.7 Å². The lowest BCUT2D eigenvalue weighted by Gasteiger charge is -2.12. The highest BCUT2D eigenvalue weighted by molar-refractivity contribution is 6.11. The number of ether oxygens (including phenoxy) is 2. The second-order valence-electron chi connectivity index (χ2n) is 6.71. The van der Waals surface area contributed by atoms with Gasteiger partial charge in [0.05, 0.1) is 38.7 Å². The molecule has 3 aromatic rings. The van der Waals surface area contributed by atoms with Gasteiger partial charge in [0.2, 0.25) is 0 Å². The van der Waals surface area contributed by atoms with Crippen LogP contribution in [0.15, 0.2) is 36.8 Å². The van der Waals surface area contributed by atoms with Gasteiger partial charge in [0.1, 0.15) is 6.54 Å². The number of carbonyl (C=O) groups excluding carboxylic acids is 1. The SMILES string of the molecule is COc1cc(-c2cc(C)c3c(c2)CN(c2cnn(CC#N)c2)C3=O)cnc1OC. The highest BCUT2D eigenvalue weighted by Gasteiger charge is 2.31. The van der Waals surface area contributed by atoms with E-state index in [9.17, 15) is 4.79 Å². The minimum atomic E-state index is -0.0639. The Morgan fingerprint density at radius 3 is 2.72 bits per heavy atom. The number of nitriles is 1. The maximum atomic E-state index is 13.0. The maximum absolute atomic E-state index is 13.0. The second kappa shape index (κ2) is 7.28. The molecule has 146 valence electrons. The van der Waals surface area contributed by atoms with Crippen molar-refractivity contribution in [1.82, 2.24) is 14.8 Å². The summed E-state index contributed by atoms with van der Waals surface area (Å²) in [4.78, 5) is 19.0. The average molecular weight is 389 g/mol. The number of nitrogens with zero attached hydrogens (tertiary/aromatic N) is 5. The zero-order valence-electron chi connectivity index (χ0n) is 16.3. The van der Waals surface area contributed by atoms with Crippen molar-refractivity contribution < 1.29 is 14.3 Å². The molecular formula is C21H19N5O3. The normalized spacial score (nSPS) is 12.6. The molecule has 0 fully saturated rings. The molecule has 1 aromatic carbocycles. The first-order valence-corrected chi connectivity index (χ1v) is 8.99. The minimum Gasteiger partial charge on any atom is -0.491 e. The van der Waals surface area contributed by atoms with Gasteiger partial charge in [-0.2, -0.15) is 10.4 Å². The van der Waals surface area contributed by atoms with Crippen LogP contribution in [0.25, 0.3) is 11.1 Å². The lowest BCUT2D eigenvalue weighted by Crippen LogP contribution is -2.22. The molecule has 0 spiro atoms. The average Bonchev–Trinajstić information content (AvgIpc) is 3.32. The van der Waals surface area contributed by atoms with E-state index in [-0.39, 0.29) is 12.5 Å². The third-order valence-electron chi connectivity index (χ3n) is 4.93. The number of carbonyl (C=O) groups is 1. The highest BCUT2D eigenvalue weighted by atomic mass is 16.5. The van der Waals surface area contributed by atoms with Crippen LogP contribution in [-0.2, 0) is 13.1 Å². The Bertz CT molecular complexity index is 1150. The van der Waals surface area contributed by atoms with Crippen LogP contribution in [0.3, 0.4) is 0 Å². The van der Waals surface area contributed by atoms with E-state index in [1.54, 1.807) is 37.7 Å². The van der Waals surface area contributed by atoms with Gasteiger partial charge in [-0.05, 0) is 35.7 Å². The van der Waals surface area contributed by atoms with Crippen molar-refractivity contribution in [1.29, 1.82) is 5.26 Å². The van der Waals surface area contributed by atoms with Crippen molar-refractivity contribution in [3.63, 3.8) is 0 Å². The van der Waals surface area contributed by atoms with E-state index < -0.39 is 0 Å². The number of rotatable bonds is 5. The standard InChI is InChI=1S/C21H19N5O3/c1-13-6-14(15-8-18(28-2)20(29-3)23-9-15)7-16-11-26(21(27)19(13)16)17-10-24-25(12-17)5-4-22/h6-10,12H,5,11H2,1-3H3. The van der Waals surface area contributed by atoms with E-state index in [0.29, 0.717) is 29.4 Å². The first-order chi connectivity index (χ1) is 14.0. The van der Waals surface area contributed by atoms with Gasteiger partial charge in [0.15, 0.2) is 5.75 Å². The molecule has 0 saturated carbocycles. The van der Waals surface area contributed by atoms with Crippen LogP contribution in [-0.4, -0.2) is 34.9 Å². The Balaban J connectivity index is 1.70. The quantitative estimate of drug-likeness (QED) is 0.666. The van der Waals surface area contributed by atoms with Crippen LogP contribution in [0.4, 0.5) is 5.69 Å². The summed E-state index contributed by atoms with van der Waals surface area (Å²) >= 11 is 0. The fourth-order valence-corrected chi connectivity index (χ4v) is 3.58. The van der Waals surface area contributed by atoms with Crippen LogP contribution in [0.1, 0.15) is 21.5 Å². The fraction of sp³-hybridized carbons (Fsp3) is 0.238. The molecule has 4 rings (SSSR count). The summed E-state index contributed by atoms with van der Waals surface area (Å²) in [6.45, 7) is 2.52. The van der Waals surface area contributed by atoms with Gasteiger partial charge in [-0.25, -0.2) is 4.98 Å². The molecule has 0 aliphatic carbocycles. The number of anilines is 1. The fourth-order valence-electron chi connectivity index (χ4n) is 3.58. The molecule has 8 heteroatoms. The number of hydrogen-bond donors (Lipinski definition) is 0. The summed E-state index contributed by atoms with van der Waals surface area (Å²) in [6, 6.07) is 7.89. The molecule has 3 heterocycles. The van der Waals surface area contributed by atoms with Crippen molar-refractivity contribution in [2.24, 2.45) is 0 Å². The zero-order valence-corrected chi connectivity index (χ0v) is 16.3. The smallest absolute Gasteiger partial charge is 0.259 e. The van der Waals surface area contributed by atoms with E-state index >= 15 is 0 Å². The molecule has 8 nitrogen and oxygen atoms in total. The Hall–Kier alpha value is -3.86. The first-order valence-electron chi connectivity index (χ1n) is 8.99. The summed E-state index contributed by atoms with van der Waals surface area (Å²) in [5.74, 6) is 0.904. The molecule has 0 unspecified atom stereocenters. The summed E-state index contributed by atoms with van der Waals surface area (Å²) < 4.78 is 12.1. The summed E-state index contributed by atoms with van der Waals surface area (Å²) in [7, 11) is 3.11. The number of aromatic nitrogens is 3. The van der Waals surface area contributed by atoms with E-state index in [1.165, 1.54) is 4.68 Å². The largest absolute Gasteiger partial charge is 0.491 e. The van der Waals surface area contributed by atoms with Crippen molar-refractivity contribution in [2.75, 3.05) is 19.1 Å². The molecule has 1 aliphatic heterocycles. The van der Waals surface area contributed by atoms with Crippen LogP contribution < -0.4 is 14.4 Å². The van der Waals surface area contributed by atoms with Gasteiger partial charge in [-0.3, -0.25) is 9.48 Å². The van der Waals surface area contributed by atoms with Crippen LogP contribution >= 0.6 is 0 Å². The van der Waals surface area contributed by atoms with Gasteiger partial charge >= 0.3 is 0 Å². The molecule has 1 amide bonds. The Morgan fingerprint density at radius 2 is 2.00 bits per heavy atom. The van der Waals surface area contributed by atoms with Crippen molar-refractivity contribution in [2.45, 2.75) is 20.0 Å². The monoisotopic (exact) mass is 389 g/mol. The molecule has 29 heavy (non-hydrogen) atoms. The lowest BCUT2D eigenvalue weighted by atomic mass is 9.97. The summed E-state index contributed by atoms with van der Waals surface area (Å²) in [5, 5.41) is 13.0. The molecule has 0 N–H and O–H groups in total. The first kappa shape index (κ1) is 18.5. The lowest BCUT2D eigenvalue weighted by molar-refractivity contribution is 0.0996. The van der Waals surface area contributed by atoms with Crippen LogP contribution in [0.5, 0.6) is 11.6 Å². The zero-order chi connectivity index (χ0) is 20.5. The summed E-state index contributed by atoms with van der Waals surface area (Å²) in [5.41, 5.74) is 5.04. The third-order valence-corrected chi connectivity index (χ3v) is 4.93. The van der Waals surface area contributed by atoms with E-state index in [1.807, 2.05) is 31.2 Å². The predicted octanol–water partition coefficient (Wildman–Crippen LogP) is 2.95. The van der Waals surface area contributed by atoms with Crippen molar-refractivity contribution >= 4 is 11.6 Å². The topological polar surface area (TPSA) is 93.3 Å². The number of pyridine rings is 1. The number of hydrogen-bond acceptors (Lipinski definition) is 6. The van der Waals surface area contributed by atoms with Gasteiger partial charge in [-0.1, -0.05) is 6.07 Å². The number of methoxy groups -OCH3 is 2. The van der Waals surface area contributed by atoms with Crippen molar-refractivity contribution in [3.05, 3.63) is 53.5 Å². The van der Waals surface area contributed by atoms with Crippen LogP contribution in [0, 0.1) is 18.3 Å². The number of benzene rings is 1. The summed E-state index contributed by atoms with van der Waals surface area (Å²) in [6.07, 6.45) is 5.04. The Morgan fingerprint density at radius 1 is 1.17 bits per heavy atom. The minimum absolute atomic E-state index is 0.0639. The number of fused-ring (bicyclic) bond motifs is 1. The molecular weight excluding hydrogens is 370 g/mol. The van der Waals surface area contributed by atoms with Crippen molar-refractivity contribution in [3.8, 4) is 28.8 Å². The van der Waals surface area contributed by atoms with Gasteiger partial charge in [0.25, 0.3) is 11.8 Å². The van der Waals surface area contributed by atoms with Gasteiger partial charge < -0.3 is 14.4 Å². The second-order valence-corrected chi connectivity index (χ2v) is 6.71. The molecule has 0 bridgehead atoms. The molecule has 1 aliphatic rings. The Kier molecular flexibility index (Phi) is 4.64. The molecule has 0 saturated heterocycles. The maximum Gasteiger partial charge on any atom is 0.259 e. The third kappa shape index (κ3) is 3.17. The number of aryl methyl sites for hydroxylation is 1. The Labute approximate surface area is 167 Å². The van der Waals surface area contributed by atoms with Crippen LogP contribution in [0.2, 0.25) is 0 Å². The van der Waals surface area contributed by atoms with Gasteiger partial charge in [-0.15, -0.1) is 0 Å². The molecule has 2 aromatic heterocycles. The molecule has 0 radical (unpaired) electrons. The molecule has 0 atom stereocenters. The van der Waals surface area contributed by atoms with Gasteiger partial charge in [0, 0.05) is 23.5 Å². The van der Waals surface area contributed by atoms with E-state index in [0.717, 1.165) is 22.3 Å². The van der Waals surface area contributed by atoms with E-state index in [2.05, 4.69) is 10.1 Å². The number of amides is 1. The highest BCUT2D eigenvalue weighted by Crippen LogP contribution is 2.35. The predicted molar refractivity (Wildman–Crippen MR) is 106 cm³/mol.